The summed E-state index contributed by atoms with van der Waals surface area (Å²) < 4.78 is 27.0. The standard InChI is InChI=1S/C13H16N2O2S2/c1-10-5-3-4-6-12(10)19(16,17)15-9-11(2)13-14-7-8-18-13/h3-8,11,15H,9H2,1-2H3. The monoisotopic (exact) mass is 296 g/mol. The zero-order valence-electron chi connectivity index (χ0n) is 10.8. The smallest absolute Gasteiger partial charge is 0.240 e. The molecule has 0 saturated carbocycles. The minimum Gasteiger partial charge on any atom is -0.249 e. The number of hydrogen-bond donors (Lipinski definition) is 1. The van der Waals surface area contributed by atoms with Crippen LogP contribution < -0.4 is 4.72 Å². The van der Waals surface area contributed by atoms with E-state index in [2.05, 4.69) is 9.71 Å². The van der Waals surface area contributed by atoms with E-state index >= 15 is 0 Å². The molecule has 0 spiro atoms. The topological polar surface area (TPSA) is 59.1 Å². The summed E-state index contributed by atoms with van der Waals surface area (Å²) in [5.41, 5.74) is 0.747. The van der Waals surface area contributed by atoms with Gasteiger partial charge in [-0.05, 0) is 18.6 Å². The summed E-state index contributed by atoms with van der Waals surface area (Å²) in [7, 11) is -3.45. The lowest BCUT2D eigenvalue weighted by Gasteiger charge is -2.12. The van der Waals surface area contributed by atoms with Crippen molar-refractivity contribution < 1.29 is 8.42 Å². The molecule has 0 radical (unpaired) electrons. The zero-order valence-corrected chi connectivity index (χ0v) is 12.5. The molecule has 102 valence electrons. The van der Waals surface area contributed by atoms with Crippen molar-refractivity contribution in [3.8, 4) is 0 Å². The summed E-state index contributed by atoms with van der Waals surface area (Å²) in [6.07, 6.45) is 1.73. The van der Waals surface area contributed by atoms with Gasteiger partial charge in [0.2, 0.25) is 10.0 Å². The Balaban J connectivity index is 2.09. The van der Waals surface area contributed by atoms with E-state index in [9.17, 15) is 8.42 Å². The molecule has 0 fully saturated rings. The van der Waals surface area contributed by atoms with Crippen LogP contribution in [0.1, 0.15) is 23.4 Å². The lowest BCUT2D eigenvalue weighted by atomic mass is 10.2. The van der Waals surface area contributed by atoms with E-state index in [1.807, 2.05) is 18.4 Å². The minimum absolute atomic E-state index is 0.0683. The highest BCUT2D eigenvalue weighted by atomic mass is 32.2. The second-order valence-electron chi connectivity index (χ2n) is 4.39. The molecular weight excluding hydrogens is 280 g/mol. The number of sulfonamides is 1. The summed E-state index contributed by atoms with van der Waals surface area (Å²) in [6.45, 7) is 4.10. The van der Waals surface area contributed by atoms with Gasteiger partial charge in [0.15, 0.2) is 0 Å². The van der Waals surface area contributed by atoms with Crippen molar-refractivity contribution in [3.05, 3.63) is 46.4 Å². The fraction of sp³-hybridized carbons (Fsp3) is 0.308. The molecule has 0 saturated heterocycles. The van der Waals surface area contributed by atoms with E-state index in [1.165, 1.54) is 11.3 Å². The van der Waals surface area contributed by atoms with Crippen LogP contribution in [0.5, 0.6) is 0 Å². The summed E-state index contributed by atoms with van der Waals surface area (Å²) in [6, 6.07) is 6.96. The highest BCUT2D eigenvalue weighted by Crippen LogP contribution is 2.18. The van der Waals surface area contributed by atoms with E-state index < -0.39 is 10.0 Å². The molecule has 2 aromatic rings. The lowest BCUT2D eigenvalue weighted by molar-refractivity contribution is 0.574. The van der Waals surface area contributed by atoms with Crippen LogP contribution in [0, 0.1) is 6.92 Å². The highest BCUT2D eigenvalue weighted by Gasteiger charge is 2.18. The Labute approximate surface area is 117 Å². The molecule has 0 aliphatic carbocycles. The van der Waals surface area contributed by atoms with E-state index in [1.54, 1.807) is 31.3 Å². The average Bonchev–Trinajstić information content (AvgIpc) is 2.90. The average molecular weight is 296 g/mol. The molecule has 1 aromatic heterocycles. The molecule has 0 amide bonds. The van der Waals surface area contributed by atoms with Crippen molar-refractivity contribution in [1.82, 2.24) is 9.71 Å². The molecule has 1 unspecified atom stereocenters. The van der Waals surface area contributed by atoms with Crippen LogP contribution in [0.15, 0.2) is 40.7 Å². The summed E-state index contributed by atoms with van der Waals surface area (Å²) in [4.78, 5) is 4.53. The lowest BCUT2D eigenvalue weighted by Crippen LogP contribution is -2.28. The molecule has 6 heteroatoms. The van der Waals surface area contributed by atoms with Gasteiger partial charge in [-0.3, -0.25) is 0 Å². The van der Waals surface area contributed by atoms with Crippen molar-refractivity contribution >= 4 is 21.4 Å². The third-order valence-corrected chi connectivity index (χ3v) is 5.43. The number of hydrogen-bond acceptors (Lipinski definition) is 4. The first-order valence-electron chi connectivity index (χ1n) is 5.95. The largest absolute Gasteiger partial charge is 0.249 e. The van der Waals surface area contributed by atoms with Gasteiger partial charge >= 0.3 is 0 Å². The van der Waals surface area contributed by atoms with E-state index in [-0.39, 0.29) is 5.92 Å². The van der Waals surface area contributed by atoms with Crippen LogP contribution in [-0.4, -0.2) is 19.9 Å². The van der Waals surface area contributed by atoms with Crippen LogP contribution in [0.2, 0.25) is 0 Å². The number of benzene rings is 1. The quantitative estimate of drug-likeness (QED) is 0.922. The van der Waals surface area contributed by atoms with Crippen LogP contribution in [0.4, 0.5) is 0 Å². The molecule has 0 aliphatic heterocycles. The molecule has 2 rings (SSSR count). The second kappa shape index (κ2) is 5.81. The van der Waals surface area contributed by atoms with Crippen molar-refractivity contribution in [2.75, 3.05) is 6.54 Å². The SMILES string of the molecule is Cc1ccccc1S(=O)(=O)NCC(C)c1nccs1. The first-order chi connectivity index (χ1) is 9.00. The Morgan fingerprint density at radius 3 is 2.74 bits per heavy atom. The minimum atomic E-state index is -3.45. The van der Waals surface area contributed by atoms with Gasteiger partial charge in [0.25, 0.3) is 0 Å². The molecule has 19 heavy (non-hydrogen) atoms. The Kier molecular flexibility index (Phi) is 4.34. The van der Waals surface area contributed by atoms with Crippen molar-refractivity contribution in [2.45, 2.75) is 24.7 Å². The summed E-state index contributed by atoms with van der Waals surface area (Å²) in [5.74, 6) is 0.0683. The molecule has 1 aromatic carbocycles. The summed E-state index contributed by atoms with van der Waals surface area (Å²) >= 11 is 1.53. The predicted octanol–water partition coefficient (Wildman–Crippen LogP) is 2.53. The predicted molar refractivity (Wildman–Crippen MR) is 76.9 cm³/mol. The Bertz CT molecular complexity index is 636. The van der Waals surface area contributed by atoms with Crippen molar-refractivity contribution in [3.63, 3.8) is 0 Å². The first kappa shape index (κ1) is 14.2. The Morgan fingerprint density at radius 2 is 2.11 bits per heavy atom. The number of nitrogens with zero attached hydrogens (tertiary/aromatic N) is 1. The van der Waals surface area contributed by atoms with Gasteiger partial charge < -0.3 is 0 Å². The van der Waals surface area contributed by atoms with Crippen LogP contribution >= 0.6 is 11.3 Å². The molecule has 1 heterocycles. The highest BCUT2D eigenvalue weighted by molar-refractivity contribution is 7.89. The van der Waals surface area contributed by atoms with Crippen molar-refractivity contribution in [1.29, 1.82) is 0 Å². The van der Waals surface area contributed by atoms with Gasteiger partial charge in [0.1, 0.15) is 0 Å². The van der Waals surface area contributed by atoms with Gasteiger partial charge in [0, 0.05) is 24.0 Å². The maximum atomic E-state index is 12.2. The second-order valence-corrected chi connectivity index (χ2v) is 7.05. The van der Waals surface area contributed by atoms with E-state index in [4.69, 9.17) is 0 Å². The number of thiazole rings is 1. The molecular formula is C13H16N2O2S2. The van der Waals surface area contributed by atoms with E-state index in [0.29, 0.717) is 11.4 Å². The van der Waals surface area contributed by atoms with Crippen molar-refractivity contribution in [2.24, 2.45) is 0 Å². The first-order valence-corrected chi connectivity index (χ1v) is 8.31. The molecule has 1 N–H and O–H groups in total. The molecule has 0 bridgehead atoms. The number of rotatable bonds is 5. The fourth-order valence-electron chi connectivity index (χ4n) is 1.74. The molecule has 0 aliphatic rings. The molecule has 4 nitrogen and oxygen atoms in total. The Morgan fingerprint density at radius 1 is 1.37 bits per heavy atom. The number of nitrogens with one attached hydrogen (secondary N) is 1. The third-order valence-electron chi connectivity index (χ3n) is 2.84. The maximum Gasteiger partial charge on any atom is 0.240 e. The fourth-order valence-corrected chi connectivity index (χ4v) is 3.81. The summed E-state index contributed by atoms with van der Waals surface area (Å²) in [5, 5.41) is 2.83. The number of aryl methyl sites for hydroxylation is 1. The normalized spacial score (nSPS) is 13.4. The van der Waals surface area contributed by atoms with Gasteiger partial charge in [-0.15, -0.1) is 11.3 Å². The van der Waals surface area contributed by atoms with Gasteiger partial charge in [-0.25, -0.2) is 18.1 Å². The van der Waals surface area contributed by atoms with Gasteiger partial charge in [0.05, 0.1) is 9.90 Å². The van der Waals surface area contributed by atoms with E-state index in [0.717, 1.165) is 10.6 Å². The van der Waals surface area contributed by atoms with Gasteiger partial charge in [-0.2, -0.15) is 0 Å². The van der Waals surface area contributed by atoms with Gasteiger partial charge in [-0.1, -0.05) is 25.1 Å². The maximum absolute atomic E-state index is 12.2. The number of aromatic nitrogens is 1. The van der Waals surface area contributed by atoms with Crippen LogP contribution in [-0.2, 0) is 10.0 Å². The molecule has 1 atom stereocenters. The Hall–Kier alpha value is -1.24. The third kappa shape index (κ3) is 3.40. The zero-order chi connectivity index (χ0) is 13.9. The van der Waals surface area contributed by atoms with Crippen LogP contribution in [0.25, 0.3) is 0 Å². The van der Waals surface area contributed by atoms with Crippen LogP contribution in [0.3, 0.4) is 0 Å².